The van der Waals surface area contributed by atoms with E-state index in [0.29, 0.717) is 11.0 Å². The molecule has 0 N–H and O–H groups in total. The lowest BCUT2D eigenvalue weighted by molar-refractivity contribution is -0.0888. The Kier molecular flexibility index (Phi) is 5.64. The maximum absolute atomic E-state index is 13.2. The number of carbonyl (C=O) groups is 2. The lowest BCUT2D eigenvalue weighted by atomic mass is 9.98. The van der Waals surface area contributed by atoms with Gasteiger partial charge >= 0.3 is 12.4 Å². The quantitative estimate of drug-likeness (QED) is 0.357. The first-order valence-corrected chi connectivity index (χ1v) is 9.10. The average molecular weight is 443 g/mol. The summed E-state index contributed by atoms with van der Waals surface area (Å²) < 4.78 is 78.7. The molecule has 3 rings (SSSR count). The van der Waals surface area contributed by atoms with E-state index < -0.39 is 35.0 Å². The summed E-state index contributed by atoms with van der Waals surface area (Å²) in [6.45, 7) is 1.79. The highest BCUT2D eigenvalue weighted by Gasteiger charge is 2.44. The number of rotatable bonds is 4. The largest absolute Gasteiger partial charge is 0.454 e. The van der Waals surface area contributed by atoms with Crippen molar-refractivity contribution in [2.24, 2.45) is 0 Å². The van der Waals surface area contributed by atoms with Gasteiger partial charge in [-0.05, 0) is 31.2 Å². The molecule has 10 heteroatoms. The van der Waals surface area contributed by atoms with Crippen molar-refractivity contribution in [3.05, 3.63) is 65.4 Å². The maximum Gasteiger partial charge on any atom is 0.454 e. The van der Waals surface area contributed by atoms with Crippen molar-refractivity contribution < 1.29 is 35.9 Å². The number of carbonyl (C=O) groups excluding carboxylic acids is 2. The summed E-state index contributed by atoms with van der Waals surface area (Å²) in [5.41, 5.74) is -1.55. The Morgan fingerprint density at radius 2 is 1.43 bits per heavy atom. The van der Waals surface area contributed by atoms with Crippen LogP contribution < -0.4 is 0 Å². The molecule has 0 saturated heterocycles. The molecule has 0 saturated carbocycles. The number of alkyl halides is 6. The molecule has 0 aliphatic heterocycles. The van der Waals surface area contributed by atoms with Crippen LogP contribution in [-0.4, -0.2) is 28.9 Å². The Labute approximate surface area is 170 Å². The number of benzene rings is 2. The normalized spacial score (nSPS) is 12.2. The van der Waals surface area contributed by atoms with Crippen LogP contribution in [0.2, 0.25) is 0 Å². The van der Waals surface area contributed by atoms with E-state index >= 15 is 0 Å². The van der Waals surface area contributed by atoms with Crippen molar-refractivity contribution in [3.8, 4) is 0 Å². The highest BCUT2D eigenvalue weighted by molar-refractivity contribution is 7.99. The molecule has 1 heterocycles. The number of nitrogens with zero attached hydrogens (tertiary/aromatic N) is 1. The first-order valence-electron chi connectivity index (χ1n) is 8.29. The summed E-state index contributed by atoms with van der Waals surface area (Å²) in [5.74, 6) is -4.72. The van der Waals surface area contributed by atoms with Gasteiger partial charge in [-0.2, -0.15) is 26.3 Å². The number of hydrogen-bond donors (Lipinski definition) is 0. The van der Waals surface area contributed by atoms with Crippen LogP contribution in [0.3, 0.4) is 0 Å². The fourth-order valence-corrected chi connectivity index (χ4v) is 3.74. The second-order valence-electron chi connectivity index (χ2n) is 6.27. The fraction of sp³-hybridized carbons (Fsp3) is 0.150. The molecule has 3 aromatic rings. The van der Waals surface area contributed by atoms with E-state index in [9.17, 15) is 35.9 Å². The van der Waals surface area contributed by atoms with Crippen LogP contribution in [-0.2, 0) is 0 Å². The van der Waals surface area contributed by atoms with Gasteiger partial charge in [-0.1, -0.05) is 35.5 Å². The second-order valence-corrected chi connectivity index (χ2v) is 7.35. The van der Waals surface area contributed by atoms with E-state index in [4.69, 9.17) is 0 Å². The van der Waals surface area contributed by atoms with Crippen molar-refractivity contribution in [2.45, 2.75) is 29.1 Å². The second kappa shape index (κ2) is 7.75. The van der Waals surface area contributed by atoms with Crippen molar-refractivity contribution in [1.29, 1.82) is 0 Å². The Morgan fingerprint density at radius 1 is 0.867 bits per heavy atom. The number of halogens is 6. The first kappa shape index (κ1) is 21.8. The molecule has 0 aliphatic carbocycles. The molecule has 0 amide bonds. The topological polar surface area (TPSA) is 47.0 Å². The number of Topliss-reactive ketones (excluding diaryl/α,β-unsaturated/α-hetero) is 2. The van der Waals surface area contributed by atoms with Crippen LogP contribution in [0, 0.1) is 6.92 Å². The summed E-state index contributed by atoms with van der Waals surface area (Å²) in [6.07, 6.45) is -9.54. The third-order valence-corrected chi connectivity index (χ3v) is 5.22. The molecule has 0 bridgehead atoms. The minimum absolute atomic E-state index is 0.282. The molecule has 156 valence electrons. The lowest BCUT2D eigenvalue weighted by Gasteiger charge is -2.16. The molecule has 0 fully saturated rings. The number of aryl methyl sites for hydroxylation is 1. The van der Waals surface area contributed by atoms with Gasteiger partial charge in [-0.3, -0.25) is 14.6 Å². The van der Waals surface area contributed by atoms with Gasteiger partial charge in [0.2, 0.25) is 0 Å². The van der Waals surface area contributed by atoms with Crippen LogP contribution in [0.5, 0.6) is 0 Å². The van der Waals surface area contributed by atoms with E-state index in [1.54, 1.807) is 31.2 Å². The van der Waals surface area contributed by atoms with E-state index in [1.807, 2.05) is 0 Å². The number of hydrogen-bond acceptors (Lipinski definition) is 4. The van der Waals surface area contributed by atoms with Crippen LogP contribution >= 0.6 is 11.8 Å². The average Bonchev–Trinajstić information content (AvgIpc) is 2.67. The maximum atomic E-state index is 13.2. The monoisotopic (exact) mass is 443 g/mol. The molecule has 0 radical (unpaired) electrons. The van der Waals surface area contributed by atoms with Crippen molar-refractivity contribution in [3.63, 3.8) is 0 Å². The van der Waals surface area contributed by atoms with Gasteiger partial charge < -0.3 is 0 Å². The molecule has 3 nitrogen and oxygen atoms in total. The Morgan fingerprint density at radius 3 is 2.00 bits per heavy atom. The van der Waals surface area contributed by atoms with Crippen LogP contribution in [0.1, 0.15) is 26.3 Å². The fourth-order valence-electron chi connectivity index (χ4n) is 2.71. The molecular weight excluding hydrogens is 432 g/mol. The van der Waals surface area contributed by atoms with Crippen molar-refractivity contribution in [2.75, 3.05) is 0 Å². The van der Waals surface area contributed by atoms with Gasteiger partial charge in [-0.15, -0.1) is 0 Å². The summed E-state index contributed by atoms with van der Waals surface area (Å²) in [7, 11) is 0. The van der Waals surface area contributed by atoms with Crippen LogP contribution in [0.4, 0.5) is 26.3 Å². The van der Waals surface area contributed by atoms with Crippen LogP contribution in [0.15, 0.2) is 58.5 Å². The van der Waals surface area contributed by atoms with Gasteiger partial charge in [0.05, 0.1) is 5.52 Å². The number of ketones is 2. The molecule has 30 heavy (non-hydrogen) atoms. The van der Waals surface area contributed by atoms with Crippen molar-refractivity contribution in [1.82, 2.24) is 4.98 Å². The number of aromatic nitrogens is 1. The zero-order valence-electron chi connectivity index (χ0n) is 15.1. The molecule has 0 spiro atoms. The highest BCUT2D eigenvalue weighted by atomic mass is 32.2. The summed E-state index contributed by atoms with van der Waals surface area (Å²) in [6, 6.07) is 9.29. The van der Waals surface area contributed by atoms with Gasteiger partial charge in [0.25, 0.3) is 11.6 Å². The van der Waals surface area contributed by atoms with E-state index in [1.165, 1.54) is 6.07 Å². The molecule has 1 aromatic heterocycles. The Hall–Kier alpha value is -2.88. The predicted molar refractivity (Wildman–Crippen MR) is 97.8 cm³/mol. The van der Waals surface area contributed by atoms with E-state index in [0.717, 1.165) is 29.6 Å². The molecule has 2 aromatic carbocycles. The molecule has 0 atom stereocenters. The highest BCUT2D eigenvalue weighted by Crippen LogP contribution is 2.40. The molecular formula is C20H11F6NO2S. The smallest absolute Gasteiger partial charge is 0.284 e. The van der Waals surface area contributed by atoms with Gasteiger partial charge in [0.1, 0.15) is 0 Å². The number of fused-ring (bicyclic) bond motifs is 1. The van der Waals surface area contributed by atoms with E-state index in [-0.39, 0.29) is 15.8 Å². The summed E-state index contributed by atoms with van der Waals surface area (Å²) in [5, 5.41) is -0.298. The minimum Gasteiger partial charge on any atom is -0.284 e. The SMILES string of the molecule is Cc1ccc(Sc2c(C(=O)C(F)(F)F)cc(C(=O)C(F)(F)F)c3cccnc23)cc1. The minimum atomic E-state index is -5.36. The molecule has 0 unspecified atom stereocenters. The zero-order valence-corrected chi connectivity index (χ0v) is 15.9. The molecule has 0 aliphatic rings. The Bertz CT molecular complexity index is 1140. The lowest BCUT2D eigenvalue weighted by Crippen LogP contribution is -2.26. The third kappa shape index (κ3) is 4.33. The van der Waals surface area contributed by atoms with Crippen LogP contribution in [0.25, 0.3) is 10.9 Å². The first-order chi connectivity index (χ1) is 13.9. The van der Waals surface area contributed by atoms with Gasteiger partial charge in [0.15, 0.2) is 0 Å². The zero-order chi connectivity index (χ0) is 22.3. The number of pyridine rings is 1. The van der Waals surface area contributed by atoms with Gasteiger partial charge in [-0.25, -0.2) is 0 Å². The van der Waals surface area contributed by atoms with E-state index in [2.05, 4.69) is 4.98 Å². The van der Waals surface area contributed by atoms with Crippen molar-refractivity contribution >= 4 is 34.2 Å². The van der Waals surface area contributed by atoms with Gasteiger partial charge in [0, 0.05) is 32.5 Å². The standard InChI is InChI=1S/C20H11F6NO2S/c1-10-4-6-11(7-5-10)30-16-14(18(29)20(24,25)26)9-13(17(28)19(21,22)23)12-3-2-8-27-15(12)16/h2-9H,1H3. The Balaban J connectivity index is 2.34. The third-order valence-electron chi connectivity index (χ3n) is 4.09. The summed E-state index contributed by atoms with van der Waals surface area (Å²) >= 11 is 0.749. The predicted octanol–water partition coefficient (Wildman–Crippen LogP) is 6.18. The summed E-state index contributed by atoms with van der Waals surface area (Å²) in [4.78, 5) is 27.9.